The zero-order valence-corrected chi connectivity index (χ0v) is 13.3. The van der Waals surface area contributed by atoms with Gasteiger partial charge in [0.05, 0.1) is 4.34 Å². The number of nitrogens with zero attached hydrogens (tertiary/aromatic N) is 1. The molecule has 20 heavy (non-hydrogen) atoms. The van der Waals surface area contributed by atoms with Crippen molar-refractivity contribution in [1.82, 2.24) is 10.2 Å². The number of hydrogen-bond donors (Lipinski definition) is 1. The first-order valence-corrected chi connectivity index (χ1v) is 7.60. The summed E-state index contributed by atoms with van der Waals surface area (Å²) in [7, 11) is 3.28. The molecule has 0 radical (unpaired) electrons. The number of halogens is 1. The second-order valence-electron chi connectivity index (χ2n) is 4.52. The fraction of sp³-hybridized carbons (Fsp3) is 0.429. The number of rotatable bonds is 7. The third-order valence-electron chi connectivity index (χ3n) is 2.60. The highest BCUT2D eigenvalue weighted by Gasteiger charge is 2.01. The largest absolute Gasteiger partial charge is 0.353 e. The Morgan fingerprint density at radius 1 is 1.30 bits per heavy atom. The number of likely N-dealkylation sites (N-methyl/N-ethyl adjacent to an activating group) is 1. The SMILES string of the molecule is CN(C)C(=O)C=CC(=O)NCCCCc1ccc(Cl)s1. The highest BCUT2D eigenvalue weighted by molar-refractivity contribution is 7.16. The normalized spacial score (nSPS) is 10.8. The van der Waals surface area contributed by atoms with Gasteiger partial charge in [0.25, 0.3) is 0 Å². The molecule has 0 aliphatic carbocycles. The molecule has 1 heterocycles. The molecule has 0 fully saturated rings. The van der Waals surface area contributed by atoms with Crippen LogP contribution in [0.15, 0.2) is 24.3 Å². The van der Waals surface area contributed by atoms with Crippen LogP contribution in [-0.4, -0.2) is 37.4 Å². The number of amides is 2. The third-order valence-corrected chi connectivity index (χ3v) is 3.89. The summed E-state index contributed by atoms with van der Waals surface area (Å²) in [5.41, 5.74) is 0. The summed E-state index contributed by atoms with van der Waals surface area (Å²) in [5, 5.41) is 2.75. The van der Waals surface area contributed by atoms with Gasteiger partial charge in [-0.3, -0.25) is 9.59 Å². The van der Waals surface area contributed by atoms with Gasteiger partial charge in [0, 0.05) is 37.7 Å². The van der Waals surface area contributed by atoms with E-state index >= 15 is 0 Å². The van der Waals surface area contributed by atoms with Crippen LogP contribution in [0, 0.1) is 0 Å². The fourth-order valence-corrected chi connectivity index (χ4v) is 2.61. The van der Waals surface area contributed by atoms with E-state index < -0.39 is 0 Å². The molecule has 1 N–H and O–H groups in total. The molecule has 1 aromatic rings. The Morgan fingerprint density at radius 2 is 2.05 bits per heavy atom. The van der Waals surface area contributed by atoms with Crippen LogP contribution in [0.5, 0.6) is 0 Å². The molecule has 4 nitrogen and oxygen atoms in total. The maximum atomic E-state index is 11.4. The van der Waals surface area contributed by atoms with Gasteiger partial charge >= 0.3 is 0 Å². The van der Waals surface area contributed by atoms with Crippen LogP contribution < -0.4 is 5.32 Å². The summed E-state index contributed by atoms with van der Waals surface area (Å²) >= 11 is 7.44. The van der Waals surface area contributed by atoms with E-state index in [0.717, 1.165) is 23.6 Å². The van der Waals surface area contributed by atoms with Gasteiger partial charge in [-0.05, 0) is 31.4 Å². The second kappa shape index (κ2) is 8.76. The van der Waals surface area contributed by atoms with Crippen molar-refractivity contribution in [1.29, 1.82) is 0 Å². The van der Waals surface area contributed by atoms with Crippen LogP contribution in [0.2, 0.25) is 4.34 Å². The number of carbonyl (C=O) groups is 2. The number of hydrogen-bond acceptors (Lipinski definition) is 3. The number of carbonyl (C=O) groups excluding carboxylic acids is 2. The first-order valence-electron chi connectivity index (χ1n) is 6.40. The van der Waals surface area contributed by atoms with Crippen LogP contribution >= 0.6 is 22.9 Å². The summed E-state index contributed by atoms with van der Waals surface area (Å²) in [6.07, 6.45) is 5.40. The summed E-state index contributed by atoms with van der Waals surface area (Å²) in [6.45, 7) is 0.610. The number of unbranched alkanes of at least 4 members (excludes halogenated alkanes) is 1. The first-order chi connectivity index (χ1) is 9.49. The average Bonchev–Trinajstić information content (AvgIpc) is 2.81. The van der Waals surface area contributed by atoms with Crippen molar-refractivity contribution in [3.8, 4) is 0 Å². The monoisotopic (exact) mass is 314 g/mol. The summed E-state index contributed by atoms with van der Waals surface area (Å²) < 4.78 is 0.809. The summed E-state index contributed by atoms with van der Waals surface area (Å²) in [4.78, 5) is 25.3. The van der Waals surface area contributed by atoms with Gasteiger partial charge in [-0.25, -0.2) is 0 Å². The molecule has 0 aliphatic rings. The molecule has 1 rings (SSSR count). The van der Waals surface area contributed by atoms with E-state index in [4.69, 9.17) is 11.6 Å². The van der Waals surface area contributed by atoms with Gasteiger partial charge in [-0.1, -0.05) is 11.6 Å². The first kappa shape index (κ1) is 16.7. The van der Waals surface area contributed by atoms with Crippen molar-refractivity contribution in [2.75, 3.05) is 20.6 Å². The van der Waals surface area contributed by atoms with Gasteiger partial charge in [0.15, 0.2) is 0 Å². The topological polar surface area (TPSA) is 49.4 Å². The second-order valence-corrected chi connectivity index (χ2v) is 6.32. The predicted molar refractivity (Wildman–Crippen MR) is 83.1 cm³/mol. The van der Waals surface area contributed by atoms with Crippen LogP contribution in [0.25, 0.3) is 0 Å². The standard InChI is InChI=1S/C14H19ClN2O2S/c1-17(2)14(19)9-8-13(18)16-10-4-3-5-11-6-7-12(15)20-11/h6-9H,3-5,10H2,1-2H3,(H,16,18). The van der Waals surface area contributed by atoms with E-state index in [9.17, 15) is 9.59 Å². The Labute approximate surface area is 128 Å². The summed E-state index contributed by atoms with van der Waals surface area (Å²) in [6, 6.07) is 3.93. The fourth-order valence-electron chi connectivity index (χ4n) is 1.48. The van der Waals surface area contributed by atoms with Crippen LogP contribution in [0.3, 0.4) is 0 Å². The smallest absolute Gasteiger partial charge is 0.246 e. The lowest BCUT2D eigenvalue weighted by atomic mass is 10.2. The van der Waals surface area contributed by atoms with E-state index in [1.807, 2.05) is 12.1 Å². The Morgan fingerprint density at radius 3 is 2.65 bits per heavy atom. The molecule has 0 aromatic carbocycles. The zero-order valence-electron chi connectivity index (χ0n) is 11.7. The van der Waals surface area contributed by atoms with Crippen molar-refractivity contribution >= 4 is 34.8 Å². The van der Waals surface area contributed by atoms with Crippen molar-refractivity contribution in [3.63, 3.8) is 0 Å². The molecule has 0 bridgehead atoms. The van der Waals surface area contributed by atoms with E-state index in [0.29, 0.717) is 6.54 Å². The van der Waals surface area contributed by atoms with Gasteiger partial charge < -0.3 is 10.2 Å². The van der Waals surface area contributed by atoms with Gasteiger partial charge in [-0.15, -0.1) is 11.3 Å². The molecule has 0 atom stereocenters. The molecule has 0 unspecified atom stereocenters. The highest BCUT2D eigenvalue weighted by Crippen LogP contribution is 2.22. The van der Waals surface area contributed by atoms with Gasteiger partial charge in [-0.2, -0.15) is 0 Å². The van der Waals surface area contributed by atoms with Gasteiger partial charge in [0.2, 0.25) is 11.8 Å². The molecule has 2 amide bonds. The molecular weight excluding hydrogens is 296 g/mol. The lowest BCUT2D eigenvalue weighted by Gasteiger charge is -2.05. The van der Waals surface area contributed by atoms with E-state index in [-0.39, 0.29) is 11.8 Å². The van der Waals surface area contributed by atoms with Crippen LogP contribution in [-0.2, 0) is 16.0 Å². The molecule has 110 valence electrons. The third kappa shape index (κ3) is 6.73. The predicted octanol–water partition coefficient (Wildman–Crippen LogP) is 2.48. The Balaban J connectivity index is 2.12. The number of nitrogens with one attached hydrogen (secondary N) is 1. The Bertz CT molecular complexity index is 483. The minimum atomic E-state index is -0.237. The maximum absolute atomic E-state index is 11.4. The lowest BCUT2D eigenvalue weighted by molar-refractivity contribution is -0.124. The quantitative estimate of drug-likeness (QED) is 0.621. The molecule has 0 saturated heterocycles. The van der Waals surface area contributed by atoms with Crippen molar-refractivity contribution in [3.05, 3.63) is 33.5 Å². The van der Waals surface area contributed by atoms with Crippen molar-refractivity contribution in [2.24, 2.45) is 0 Å². The molecule has 1 aromatic heterocycles. The molecule has 0 saturated carbocycles. The van der Waals surface area contributed by atoms with Crippen molar-refractivity contribution in [2.45, 2.75) is 19.3 Å². The summed E-state index contributed by atoms with van der Waals surface area (Å²) in [5.74, 6) is -0.436. The maximum Gasteiger partial charge on any atom is 0.246 e. The Hall–Kier alpha value is -1.33. The lowest BCUT2D eigenvalue weighted by Crippen LogP contribution is -2.24. The number of thiophene rings is 1. The van der Waals surface area contributed by atoms with Crippen LogP contribution in [0.1, 0.15) is 17.7 Å². The minimum Gasteiger partial charge on any atom is -0.353 e. The van der Waals surface area contributed by atoms with E-state index in [1.165, 1.54) is 21.9 Å². The molecule has 0 aliphatic heterocycles. The highest BCUT2D eigenvalue weighted by atomic mass is 35.5. The van der Waals surface area contributed by atoms with Gasteiger partial charge in [0.1, 0.15) is 0 Å². The van der Waals surface area contributed by atoms with E-state index in [1.54, 1.807) is 25.4 Å². The molecule has 6 heteroatoms. The average molecular weight is 315 g/mol. The van der Waals surface area contributed by atoms with Crippen LogP contribution in [0.4, 0.5) is 0 Å². The zero-order chi connectivity index (χ0) is 15.0. The number of aryl methyl sites for hydroxylation is 1. The molecule has 0 spiro atoms. The minimum absolute atomic E-state index is 0.199. The van der Waals surface area contributed by atoms with E-state index in [2.05, 4.69) is 5.32 Å². The molecular formula is C14H19ClN2O2S. The van der Waals surface area contributed by atoms with Crippen molar-refractivity contribution < 1.29 is 9.59 Å². The Kier molecular flexibility index (Phi) is 7.33.